The van der Waals surface area contributed by atoms with Crippen LogP contribution < -0.4 is 0 Å². The van der Waals surface area contributed by atoms with Gasteiger partial charge in [-0.15, -0.1) is 0 Å². The number of nitrogens with zero attached hydrogens (tertiary/aromatic N) is 6. The third-order valence-electron chi connectivity index (χ3n) is 1.98. The summed E-state index contributed by atoms with van der Waals surface area (Å²) in [4.78, 5) is 12.2. The van der Waals surface area contributed by atoms with Gasteiger partial charge in [-0.25, -0.2) is 9.97 Å². The first-order valence-electron chi connectivity index (χ1n) is 4.51. The molecule has 0 saturated heterocycles. The molecule has 0 atom stereocenters. The molecular weight excluding hydrogens is 210 g/mol. The standard InChI is InChI=1S/C8H7N7O/c1-15-2-5(10-4-15)8-12-7(14-16-8)6-9-3-11-13-6/h2-4H,1H3,(H,9,11,13). The van der Waals surface area contributed by atoms with Crippen molar-refractivity contribution in [3.8, 4) is 23.2 Å². The first-order valence-corrected chi connectivity index (χ1v) is 4.51. The molecule has 0 amide bonds. The summed E-state index contributed by atoms with van der Waals surface area (Å²) in [6.45, 7) is 0. The largest absolute Gasteiger partial charge is 0.340 e. The van der Waals surface area contributed by atoms with Crippen LogP contribution in [0.1, 0.15) is 0 Å². The van der Waals surface area contributed by atoms with Crippen molar-refractivity contribution in [2.24, 2.45) is 7.05 Å². The smallest absolute Gasteiger partial charge is 0.278 e. The van der Waals surface area contributed by atoms with Crippen LogP contribution in [0, 0.1) is 0 Å². The second-order valence-corrected chi connectivity index (χ2v) is 3.18. The fraction of sp³-hybridized carbons (Fsp3) is 0.125. The average Bonchev–Trinajstić information content (AvgIpc) is 2.97. The van der Waals surface area contributed by atoms with Crippen molar-refractivity contribution >= 4 is 0 Å². The van der Waals surface area contributed by atoms with Crippen LogP contribution in [0.25, 0.3) is 23.2 Å². The number of hydrogen-bond acceptors (Lipinski definition) is 6. The van der Waals surface area contributed by atoms with Crippen LogP contribution >= 0.6 is 0 Å². The molecule has 8 nitrogen and oxygen atoms in total. The van der Waals surface area contributed by atoms with Gasteiger partial charge in [-0.3, -0.25) is 5.10 Å². The van der Waals surface area contributed by atoms with Crippen molar-refractivity contribution in [1.82, 2.24) is 34.9 Å². The molecule has 0 saturated carbocycles. The van der Waals surface area contributed by atoms with Gasteiger partial charge in [0, 0.05) is 13.2 Å². The molecule has 0 unspecified atom stereocenters. The molecule has 1 N–H and O–H groups in total. The van der Waals surface area contributed by atoms with Crippen molar-refractivity contribution in [3.63, 3.8) is 0 Å². The fourth-order valence-corrected chi connectivity index (χ4v) is 1.26. The molecule has 3 heterocycles. The number of nitrogens with one attached hydrogen (secondary N) is 1. The van der Waals surface area contributed by atoms with E-state index < -0.39 is 0 Å². The Kier molecular flexibility index (Phi) is 1.79. The van der Waals surface area contributed by atoms with Crippen molar-refractivity contribution in [2.45, 2.75) is 0 Å². The first-order chi connectivity index (χ1) is 7.83. The SMILES string of the molecule is Cn1cnc(-c2nc(-c3ncn[nH]3)no2)c1. The Bertz CT molecular complexity index is 593. The van der Waals surface area contributed by atoms with Crippen LogP contribution in [0.5, 0.6) is 0 Å². The maximum absolute atomic E-state index is 5.06. The van der Waals surface area contributed by atoms with E-state index in [1.807, 2.05) is 7.05 Å². The van der Waals surface area contributed by atoms with E-state index in [9.17, 15) is 0 Å². The molecule has 0 spiro atoms. The number of imidazole rings is 1. The van der Waals surface area contributed by atoms with Gasteiger partial charge >= 0.3 is 0 Å². The molecule has 3 aromatic heterocycles. The van der Waals surface area contributed by atoms with E-state index in [2.05, 4.69) is 30.3 Å². The lowest BCUT2D eigenvalue weighted by Crippen LogP contribution is -1.83. The monoisotopic (exact) mass is 217 g/mol. The molecule has 80 valence electrons. The summed E-state index contributed by atoms with van der Waals surface area (Å²) >= 11 is 0. The summed E-state index contributed by atoms with van der Waals surface area (Å²) in [5, 5.41) is 10.1. The molecule has 8 heteroatoms. The Morgan fingerprint density at radius 1 is 1.38 bits per heavy atom. The zero-order valence-electron chi connectivity index (χ0n) is 8.32. The van der Waals surface area contributed by atoms with Gasteiger partial charge in [-0.1, -0.05) is 5.16 Å². The minimum Gasteiger partial charge on any atom is -0.340 e. The lowest BCUT2D eigenvalue weighted by molar-refractivity contribution is 0.430. The summed E-state index contributed by atoms with van der Waals surface area (Å²) in [6, 6.07) is 0. The molecule has 0 fully saturated rings. The number of aryl methyl sites for hydroxylation is 1. The third-order valence-corrected chi connectivity index (χ3v) is 1.98. The Labute approximate surface area is 89.4 Å². The van der Waals surface area contributed by atoms with E-state index in [0.29, 0.717) is 23.2 Å². The summed E-state index contributed by atoms with van der Waals surface area (Å²) in [5.74, 6) is 1.18. The van der Waals surface area contributed by atoms with Gasteiger partial charge in [0.05, 0.1) is 6.33 Å². The first kappa shape index (κ1) is 8.77. The molecule has 0 radical (unpaired) electrons. The number of hydrogen-bond donors (Lipinski definition) is 1. The van der Waals surface area contributed by atoms with E-state index in [1.165, 1.54) is 6.33 Å². The molecule has 16 heavy (non-hydrogen) atoms. The van der Waals surface area contributed by atoms with Gasteiger partial charge in [0.25, 0.3) is 5.89 Å². The summed E-state index contributed by atoms with van der Waals surface area (Å²) < 4.78 is 6.86. The Morgan fingerprint density at radius 3 is 3.00 bits per heavy atom. The minimum atomic E-state index is 0.354. The van der Waals surface area contributed by atoms with Gasteiger partial charge in [-0.05, 0) is 0 Å². The highest BCUT2D eigenvalue weighted by Gasteiger charge is 2.13. The van der Waals surface area contributed by atoms with Crippen LogP contribution in [0.2, 0.25) is 0 Å². The predicted molar refractivity (Wildman–Crippen MR) is 51.9 cm³/mol. The molecule has 0 bridgehead atoms. The minimum absolute atomic E-state index is 0.354. The quantitative estimate of drug-likeness (QED) is 0.660. The van der Waals surface area contributed by atoms with Gasteiger partial charge in [0.2, 0.25) is 5.82 Å². The average molecular weight is 217 g/mol. The molecule has 3 aromatic rings. The van der Waals surface area contributed by atoms with E-state index in [0.717, 1.165) is 0 Å². The van der Waals surface area contributed by atoms with E-state index in [-0.39, 0.29) is 0 Å². The second-order valence-electron chi connectivity index (χ2n) is 3.18. The number of H-pyrrole nitrogens is 1. The van der Waals surface area contributed by atoms with Gasteiger partial charge in [0.15, 0.2) is 5.82 Å². The maximum Gasteiger partial charge on any atom is 0.278 e. The van der Waals surface area contributed by atoms with Gasteiger partial charge in [0.1, 0.15) is 12.0 Å². The molecule has 0 aliphatic heterocycles. The Hall–Kier alpha value is -2.51. The predicted octanol–water partition coefficient (Wildman–Crippen LogP) is 0.255. The molecule has 0 aromatic carbocycles. The third kappa shape index (κ3) is 1.36. The Balaban J connectivity index is 2.00. The van der Waals surface area contributed by atoms with E-state index in [4.69, 9.17) is 4.52 Å². The number of rotatable bonds is 2. The maximum atomic E-state index is 5.06. The van der Waals surface area contributed by atoms with Crippen molar-refractivity contribution in [1.29, 1.82) is 0 Å². The normalized spacial score (nSPS) is 10.8. The highest BCUT2D eigenvalue weighted by atomic mass is 16.5. The van der Waals surface area contributed by atoms with Gasteiger partial charge in [-0.2, -0.15) is 10.1 Å². The van der Waals surface area contributed by atoms with Crippen LogP contribution in [0.4, 0.5) is 0 Å². The zero-order chi connectivity index (χ0) is 11.0. The molecule has 0 aliphatic rings. The highest BCUT2D eigenvalue weighted by molar-refractivity contribution is 5.50. The summed E-state index contributed by atoms with van der Waals surface area (Å²) in [7, 11) is 1.87. The topological polar surface area (TPSA) is 98.3 Å². The Morgan fingerprint density at radius 2 is 2.31 bits per heavy atom. The van der Waals surface area contributed by atoms with E-state index >= 15 is 0 Å². The van der Waals surface area contributed by atoms with Gasteiger partial charge < -0.3 is 9.09 Å². The van der Waals surface area contributed by atoms with Crippen molar-refractivity contribution < 1.29 is 4.52 Å². The second kappa shape index (κ2) is 3.26. The van der Waals surface area contributed by atoms with Crippen LogP contribution in [0.15, 0.2) is 23.4 Å². The highest BCUT2D eigenvalue weighted by Crippen LogP contribution is 2.17. The summed E-state index contributed by atoms with van der Waals surface area (Å²) in [5.41, 5.74) is 0.626. The molecule has 3 rings (SSSR count). The van der Waals surface area contributed by atoms with Crippen LogP contribution in [-0.4, -0.2) is 34.9 Å². The lowest BCUT2D eigenvalue weighted by Gasteiger charge is -1.83. The fourth-order valence-electron chi connectivity index (χ4n) is 1.26. The van der Waals surface area contributed by atoms with Crippen molar-refractivity contribution in [2.75, 3.05) is 0 Å². The number of aromatic nitrogens is 7. The van der Waals surface area contributed by atoms with E-state index in [1.54, 1.807) is 17.1 Å². The van der Waals surface area contributed by atoms with Crippen LogP contribution in [0.3, 0.4) is 0 Å². The lowest BCUT2D eigenvalue weighted by atomic mass is 10.5. The molecule has 0 aliphatic carbocycles. The molecular formula is C8H7N7O. The van der Waals surface area contributed by atoms with Crippen molar-refractivity contribution in [3.05, 3.63) is 18.9 Å². The van der Waals surface area contributed by atoms with Crippen LogP contribution in [-0.2, 0) is 7.05 Å². The zero-order valence-corrected chi connectivity index (χ0v) is 8.32. The number of aromatic amines is 1. The summed E-state index contributed by atoms with van der Waals surface area (Å²) in [6.07, 6.45) is 4.83.